The Hall–Kier alpha value is -2.67. The van der Waals surface area contributed by atoms with Gasteiger partial charge in [0.05, 0.1) is 19.9 Å². The summed E-state index contributed by atoms with van der Waals surface area (Å²) in [5.74, 6) is 0.983. The minimum Gasteiger partial charge on any atom is -0.496 e. The van der Waals surface area contributed by atoms with Gasteiger partial charge in [-0.15, -0.1) is 0 Å². The van der Waals surface area contributed by atoms with Gasteiger partial charge in [-0.1, -0.05) is 52.8 Å². The molecule has 0 bridgehead atoms. The summed E-state index contributed by atoms with van der Waals surface area (Å²) in [4.78, 5) is 14.1. The largest absolute Gasteiger partial charge is 0.496 e. The molecule has 0 fully saturated rings. The third kappa shape index (κ3) is 2.54. The van der Waals surface area contributed by atoms with E-state index in [4.69, 9.17) is 31.5 Å². The van der Waals surface area contributed by atoms with Crippen molar-refractivity contribution in [3.8, 4) is 17.2 Å². The van der Waals surface area contributed by atoms with Gasteiger partial charge in [0.2, 0.25) is 5.78 Å². The quantitative estimate of drug-likeness (QED) is 0.646. The average molecular weight is 460 g/mol. The normalized spacial score (nSPS) is 28.1. The molecule has 1 aromatic rings. The second-order valence-corrected chi connectivity index (χ2v) is 10.1. The molecule has 0 unspecified atom stereocenters. The number of rotatable bonds is 4. The molecule has 0 saturated heterocycles. The van der Waals surface area contributed by atoms with Gasteiger partial charge in [0.25, 0.3) is 0 Å². The number of nitrogens with zero attached hydrogens (tertiary/aromatic N) is 1. The minimum absolute atomic E-state index is 0.146. The molecule has 0 amide bonds. The van der Waals surface area contributed by atoms with Gasteiger partial charge in [-0.2, -0.15) is 5.10 Å². The molecule has 7 nitrogen and oxygen atoms in total. The molecule has 172 valence electrons. The van der Waals surface area contributed by atoms with Gasteiger partial charge in [0, 0.05) is 17.4 Å². The van der Waals surface area contributed by atoms with E-state index in [0.717, 1.165) is 16.9 Å². The fourth-order valence-corrected chi connectivity index (χ4v) is 5.72. The Morgan fingerprint density at radius 2 is 1.88 bits per heavy atom. The van der Waals surface area contributed by atoms with Crippen LogP contribution >= 0.6 is 11.6 Å². The van der Waals surface area contributed by atoms with E-state index in [1.54, 1.807) is 6.07 Å². The zero-order chi connectivity index (χ0) is 23.8. The highest BCUT2D eigenvalue weighted by Gasteiger charge is 2.70. The number of hydrazone groups is 1. The summed E-state index contributed by atoms with van der Waals surface area (Å²) in [6.45, 7) is 14.3. The maximum atomic E-state index is 14.1. The van der Waals surface area contributed by atoms with Gasteiger partial charge in [-0.3, -0.25) is 10.2 Å². The molecule has 0 aromatic heterocycles. The number of Topliss-reactive ketones (excluding diaryl/α,β-unsaturated/α-hetero) is 1. The van der Waals surface area contributed by atoms with Gasteiger partial charge >= 0.3 is 0 Å². The van der Waals surface area contributed by atoms with Gasteiger partial charge < -0.3 is 19.9 Å². The number of fused-ring (bicyclic) bond motifs is 2. The zero-order valence-electron chi connectivity index (χ0n) is 19.6. The second-order valence-electron chi connectivity index (χ2n) is 9.77. The lowest BCUT2D eigenvalue weighted by atomic mass is 9.41. The van der Waals surface area contributed by atoms with Crippen molar-refractivity contribution in [2.45, 2.75) is 46.6 Å². The molecule has 8 heteroatoms. The van der Waals surface area contributed by atoms with Crippen molar-refractivity contribution in [3.63, 3.8) is 0 Å². The molecule has 3 aliphatic rings. The monoisotopic (exact) mass is 459 g/mol. The van der Waals surface area contributed by atoms with Crippen molar-refractivity contribution in [2.75, 3.05) is 14.2 Å². The van der Waals surface area contributed by atoms with E-state index in [1.165, 1.54) is 14.2 Å². The Balaban J connectivity index is 1.99. The number of ketones is 1. The first-order valence-electron chi connectivity index (χ1n) is 10.6. The first kappa shape index (κ1) is 22.5. The number of methoxy groups -OCH3 is 2. The third-order valence-corrected chi connectivity index (χ3v) is 8.03. The van der Waals surface area contributed by atoms with Crippen LogP contribution in [-0.2, 0) is 0 Å². The predicted molar refractivity (Wildman–Crippen MR) is 125 cm³/mol. The minimum atomic E-state index is -1.20. The summed E-state index contributed by atoms with van der Waals surface area (Å²) >= 11 is 6.61. The van der Waals surface area contributed by atoms with Crippen LogP contribution in [-0.4, -0.2) is 31.3 Å². The summed E-state index contributed by atoms with van der Waals surface area (Å²) in [6.07, 6.45) is 0.523. The van der Waals surface area contributed by atoms with E-state index in [1.807, 2.05) is 6.92 Å². The number of nitrogens with one attached hydrogen (secondary N) is 1. The van der Waals surface area contributed by atoms with Gasteiger partial charge in [0.1, 0.15) is 27.9 Å². The molecule has 2 aliphatic carbocycles. The number of nitrogens with two attached hydrogens (primary N) is 1. The highest BCUT2D eigenvalue weighted by atomic mass is 35.5. The number of hydrogen-bond acceptors (Lipinski definition) is 7. The molecule has 4 rings (SSSR count). The molecular formula is C24H30ClN3O4. The van der Waals surface area contributed by atoms with Gasteiger partial charge in [0.15, 0.2) is 11.4 Å². The fraction of sp³-hybridized carbons (Fsp3) is 0.500. The van der Waals surface area contributed by atoms with Crippen molar-refractivity contribution in [2.24, 2.45) is 27.6 Å². The van der Waals surface area contributed by atoms with Crippen LogP contribution in [0.4, 0.5) is 0 Å². The average Bonchev–Trinajstić information content (AvgIpc) is 3.03. The summed E-state index contributed by atoms with van der Waals surface area (Å²) in [7, 11) is 3.03. The van der Waals surface area contributed by atoms with Crippen molar-refractivity contribution in [1.82, 2.24) is 5.43 Å². The number of carbonyl (C=O) groups excluding carboxylic acids is 1. The molecule has 1 aliphatic heterocycles. The summed E-state index contributed by atoms with van der Waals surface area (Å²) in [5.41, 5.74) is 9.85. The lowest BCUT2D eigenvalue weighted by Crippen LogP contribution is -2.65. The molecule has 2 atom stereocenters. The smallest absolute Gasteiger partial charge is 0.218 e. The number of hydrogen-bond donors (Lipinski definition) is 2. The van der Waals surface area contributed by atoms with E-state index in [-0.39, 0.29) is 33.4 Å². The summed E-state index contributed by atoms with van der Waals surface area (Å²) in [6, 6.07) is 1.63. The van der Waals surface area contributed by atoms with Crippen LogP contribution < -0.4 is 25.4 Å². The summed E-state index contributed by atoms with van der Waals surface area (Å²) < 4.78 is 17.5. The number of allylic oxidation sites excluding steroid dienone is 1. The van der Waals surface area contributed by atoms with Crippen molar-refractivity contribution in [3.05, 3.63) is 40.2 Å². The SMILES string of the molecule is C=C(N)N/N=C1\C[C@@H](C)[C@]2(Oc3c(Cl)c(OC)cc(OC)c3C2=O)C2=C1C(C)(C)C2(C)C. The van der Waals surface area contributed by atoms with Crippen LogP contribution in [0.5, 0.6) is 17.2 Å². The van der Waals surface area contributed by atoms with E-state index in [9.17, 15) is 4.79 Å². The fourth-order valence-electron chi connectivity index (χ4n) is 5.46. The predicted octanol–water partition coefficient (Wildman–Crippen LogP) is 4.45. The van der Waals surface area contributed by atoms with Crippen LogP contribution in [0.2, 0.25) is 5.02 Å². The van der Waals surface area contributed by atoms with Crippen molar-refractivity contribution >= 4 is 23.1 Å². The van der Waals surface area contributed by atoms with Crippen LogP contribution in [0, 0.1) is 16.7 Å². The van der Waals surface area contributed by atoms with Crippen LogP contribution in [0.3, 0.4) is 0 Å². The number of ether oxygens (including phenoxy) is 3. The molecule has 0 radical (unpaired) electrons. The molecule has 1 spiro atoms. The van der Waals surface area contributed by atoms with Crippen LogP contribution in [0.1, 0.15) is 51.4 Å². The maximum absolute atomic E-state index is 14.1. The Bertz CT molecular complexity index is 1120. The second kappa shape index (κ2) is 6.91. The summed E-state index contributed by atoms with van der Waals surface area (Å²) in [5, 5.41) is 4.79. The topological polar surface area (TPSA) is 95.2 Å². The van der Waals surface area contributed by atoms with Crippen LogP contribution in [0.25, 0.3) is 0 Å². The molecular weight excluding hydrogens is 430 g/mol. The number of benzene rings is 1. The van der Waals surface area contributed by atoms with Crippen molar-refractivity contribution in [1.29, 1.82) is 0 Å². The lowest BCUT2D eigenvalue weighted by molar-refractivity contribution is 0.00674. The molecule has 0 saturated carbocycles. The molecule has 1 heterocycles. The highest BCUT2D eigenvalue weighted by molar-refractivity contribution is 6.35. The number of carbonyl (C=O) groups is 1. The Kier molecular flexibility index (Phi) is 4.86. The first-order valence-corrected chi connectivity index (χ1v) is 10.9. The highest BCUT2D eigenvalue weighted by Crippen LogP contribution is 2.69. The van der Waals surface area contributed by atoms with E-state index in [2.05, 4.69) is 44.8 Å². The van der Waals surface area contributed by atoms with Gasteiger partial charge in [-0.25, -0.2) is 0 Å². The van der Waals surface area contributed by atoms with Crippen LogP contribution in [0.15, 0.2) is 34.7 Å². The van der Waals surface area contributed by atoms with Gasteiger partial charge in [-0.05, 0) is 23.0 Å². The lowest BCUT2D eigenvalue weighted by Gasteiger charge is -2.62. The Morgan fingerprint density at radius 1 is 1.25 bits per heavy atom. The standard InChI is InChI=1S/C24H30ClN3O4/c1-11-9-13(28-27-12(2)26)17-20(23(5,6)22(17,3)4)24(11)21(29)16-14(30-7)10-15(31-8)18(25)19(16)32-24/h10-11,27H,2,9,26H2,1,3-8H3/b28-13+/t11-,24+/m1/s1. The maximum Gasteiger partial charge on any atom is 0.218 e. The van der Waals surface area contributed by atoms with E-state index >= 15 is 0 Å². The first-order chi connectivity index (χ1) is 14.9. The van der Waals surface area contributed by atoms with E-state index in [0.29, 0.717) is 29.2 Å². The molecule has 3 N–H and O–H groups in total. The molecule has 32 heavy (non-hydrogen) atoms. The number of halogens is 1. The Morgan fingerprint density at radius 3 is 2.44 bits per heavy atom. The van der Waals surface area contributed by atoms with Crippen molar-refractivity contribution < 1.29 is 19.0 Å². The molecule has 1 aromatic carbocycles. The van der Waals surface area contributed by atoms with E-state index < -0.39 is 5.60 Å². The Labute approximate surface area is 193 Å². The third-order valence-electron chi connectivity index (χ3n) is 7.67. The zero-order valence-corrected chi connectivity index (χ0v) is 20.4.